The quantitative estimate of drug-likeness (QED) is 0.867. The zero-order valence-electron chi connectivity index (χ0n) is 11.8. The first-order valence-electron chi connectivity index (χ1n) is 6.67. The van der Waals surface area contributed by atoms with Crippen LogP contribution in [0.4, 0.5) is 0 Å². The second-order valence-electron chi connectivity index (χ2n) is 5.14. The fraction of sp³-hybridized carbons (Fsp3) is 0.375. The number of nitrogens with one attached hydrogen (secondary N) is 1. The van der Waals surface area contributed by atoms with Gasteiger partial charge in [0.05, 0.1) is 7.11 Å². The van der Waals surface area contributed by atoms with Gasteiger partial charge in [0, 0.05) is 18.6 Å². The van der Waals surface area contributed by atoms with Crippen molar-refractivity contribution in [2.45, 2.75) is 25.9 Å². The highest BCUT2D eigenvalue weighted by molar-refractivity contribution is 5.84. The summed E-state index contributed by atoms with van der Waals surface area (Å²) in [5.41, 5.74) is 7.36. The Morgan fingerprint density at radius 2 is 1.79 bits per heavy atom. The second kappa shape index (κ2) is 6.04. The fourth-order valence-corrected chi connectivity index (χ4v) is 2.08. The molecular weight excluding hydrogens is 236 g/mol. The molecule has 0 aliphatic rings. The molecule has 0 bridgehead atoms. The van der Waals surface area contributed by atoms with Crippen molar-refractivity contribution < 1.29 is 4.74 Å². The molecule has 0 aliphatic carbocycles. The number of hydrogen-bond acceptors (Lipinski definition) is 3. The lowest BCUT2D eigenvalue weighted by atomic mass is 10.0. The van der Waals surface area contributed by atoms with Gasteiger partial charge in [-0.15, -0.1) is 0 Å². The second-order valence-corrected chi connectivity index (χ2v) is 5.14. The first-order valence-corrected chi connectivity index (χ1v) is 6.67. The Kier molecular flexibility index (Phi) is 4.40. The van der Waals surface area contributed by atoms with Gasteiger partial charge in [-0.2, -0.15) is 0 Å². The Balaban J connectivity index is 2.21. The van der Waals surface area contributed by atoms with Crippen LogP contribution in [0.2, 0.25) is 0 Å². The SMILES string of the molecule is COc1ccc2cc(C(N)CNC(C)C)ccc2c1. The van der Waals surface area contributed by atoms with Crippen molar-refractivity contribution in [3.63, 3.8) is 0 Å². The van der Waals surface area contributed by atoms with Gasteiger partial charge in [-0.3, -0.25) is 0 Å². The van der Waals surface area contributed by atoms with E-state index in [1.165, 1.54) is 10.8 Å². The summed E-state index contributed by atoms with van der Waals surface area (Å²) in [7, 11) is 1.68. The van der Waals surface area contributed by atoms with Gasteiger partial charge < -0.3 is 15.8 Å². The van der Waals surface area contributed by atoms with E-state index in [-0.39, 0.29) is 6.04 Å². The number of ether oxygens (including phenoxy) is 1. The van der Waals surface area contributed by atoms with Crippen LogP contribution in [-0.2, 0) is 0 Å². The maximum absolute atomic E-state index is 6.20. The molecule has 2 rings (SSSR count). The van der Waals surface area contributed by atoms with E-state index in [0.29, 0.717) is 6.04 Å². The lowest BCUT2D eigenvalue weighted by Gasteiger charge is -2.16. The topological polar surface area (TPSA) is 47.3 Å². The van der Waals surface area contributed by atoms with Gasteiger partial charge in [0.25, 0.3) is 0 Å². The first kappa shape index (κ1) is 13.8. The highest BCUT2D eigenvalue weighted by Crippen LogP contribution is 2.23. The molecule has 1 atom stereocenters. The molecule has 3 N–H and O–H groups in total. The summed E-state index contributed by atoms with van der Waals surface area (Å²) in [5.74, 6) is 0.881. The molecule has 2 aromatic carbocycles. The monoisotopic (exact) mass is 258 g/mol. The summed E-state index contributed by atoms with van der Waals surface area (Å²) in [6, 6.07) is 12.9. The standard InChI is InChI=1S/C16H22N2O/c1-11(2)18-10-16(17)14-5-4-13-9-15(19-3)7-6-12(13)8-14/h4-9,11,16,18H,10,17H2,1-3H3. The predicted molar refractivity (Wildman–Crippen MR) is 80.6 cm³/mol. The molecule has 1 unspecified atom stereocenters. The Bertz CT molecular complexity index is 551. The zero-order valence-corrected chi connectivity index (χ0v) is 11.8. The van der Waals surface area contributed by atoms with Gasteiger partial charge in [0.1, 0.15) is 5.75 Å². The summed E-state index contributed by atoms with van der Waals surface area (Å²) in [5, 5.41) is 5.73. The number of nitrogens with two attached hydrogens (primary N) is 1. The lowest BCUT2D eigenvalue weighted by molar-refractivity contribution is 0.415. The van der Waals surface area contributed by atoms with Gasteiger partial charge >= 0.3 is 0 Å². The number of fused-ring (bicyclic) bond motifs is 1. The first-order chi connectivity index (χ1) is 9.10. The molecular formula is C16H22N2O. The lowest BCUT2D eigenvalue weighted by Crippen LogP contribution is -2.31. The van der Waals surface area contributed by atoms with Gasteiger partial charge in [0.15, 0.2) is 0 Å². The molecule has 2 aromatic rings. The summed E-state index contributed by atoms with van der Waals surface area (Å²) < 4.78 is 5.23. The highest BCUT2D eigenvalue weighted by atomic mass is 16.5. The van der Waals surface area contributed by atoms with E-state index in [4.69, 9.17) is 10.5 Å². The Hall–Kier alpha value is -1.58. The van der Waals surface area contributed by atoms with Crippen molar-refractivity contribution in [2.75, 3.05) is 13.7 Å². The third-order valence-corrected chi connectivity index (χ3v) is 3.25. The van der Waals surface area contributed by atoms with Gasteiger partial charge in [-0.05, 0) is 34.5 Å². The normalized spacial score (nSPS) is 12.9. The molecule has 0 radical (unpaired) electrons. The molecule has 0 fully saturated rings. The van der Waals surface area contributed by atoms with Crippen LogP contribution in [0.5, 0.6) is 5.75 Å². The van der Waals surface area contributed by atoms with E-state index in [2.05, 4.69) is 43.4 Å². The van der Waals surface area contributed by atoms with Crippen molar-refractivity contribution >= 4 is 10.8 Å². The predicted octanol–water partition coefficient (Wildman–Crippen LogP) is 2.85. The maximum atomic E-state index is 6.20. The van der Waals surface area contributed by atoms with E-state index >= 15 is 0 Å². The molecule has 0 aromatic heterocycles. The fourth-order valence-electron chi connectivity index (χ4n) is 2.08. The van der Waals surface area contributed by atoms with E-state index in [0.717, 1.165) is 17.9 Å². The highest BCUT2D eigenvalue weighted by Gasteiger charge is 2.07. The van der Waals surface area contributed by atoms with Gasteiger partial charge in [-0.1, -0.05) is 32.0 Å². The molecule has 0 saturated heterocycles. The third kappa shape index (κ3) is 3.46. The molecule has 3 nitrogen and oxygen atoms in total. The van der Waals surface area contributed by atoms with Crippen LogP contribution >= 0.6 is 0 Å². The van der Waals surface area contributed by atoms with Crippen LogP contribution < -0.4 is 15.8 Å². The van der Waals surface area contributed by atoms with Gasteiger partial charge in [-0.25, -0.2) is 0 Å². The van der Waals surface area contributed by atoms with E-state index in [1.807, 2.05) is 12.1 Å². The van der Waals surface area contributed by atoms with Crippen molar-refractivity contribution in [3.05, 3.63) is 42.0 Å². The van der Waals surface area contributed by atoms with Crippen molar-refractivity contribution in [2.24, 2.45) is 5.73 Å². The largest absolute Gasteiger partial charge is 0.497 e. The van der Waals surface area contributed by atoms with Crippen LogP contribution in [0, 0.1) is 0 Å². The molecule has 102 valence electrons. The smallest absolute Gasteiger partial charge is 0.119 e. The number of benzene rings is 2. The summed E-state index contributed by atoms with van der Waals surface area (Å²) in [6.07, 6.45) is 0. The molecule has 0 saturated carbocycles. The van der Waals surface area contributed by atoms with Crippen molar-refractivity contribution in [1.82, 2.24) is 5.32 Å². The molecule has 0 heterocycles. The minimum atomic E-state index is 0.0221. The number of hydrogen-bond donors (Lipinski definition) is 2. The average molecular weight is 258 g/mol. The minimum absolute atomic E-state index is 0.0221. The van der Waals surface area contributed by atoms with Crippen LogP contribution in [0.1, 0.15) is 25.5 Å². The van der Waals surface area contributed by atoms with Crippen molar-refractivity contribution in [3.8, 4) is 5.75 Å². The summed E-state index contributed by atoms with van der Waals surface area (Å²) in [4.78, 5) is 0. The molecule has 0 aliphatic heterocycles. The van der Waals surface area contributed by atoms with Crippen LogP contribution in [0.25, 0.3) is 10.8 Å². The molecule has 0 spiro atoms. The Morgan fingerprint density at radius 1 is 1.11 bits per heavy atom. The third-order valence-electron chi connectivity index (χ3n) is 3.25. The Labute approximate surface area is 114 Å². The van der Waals surface area contributed by atoms with Gasteiger partial charge in [0.2, 0.25) is 0 Å². The summed E-state index contributed by atoms with van der Waals surface area (Å²) >= 11 is 0. The summed E-state index contributed by atoms with van der Waals surface area (Å²) in [6.45, 7) is 5.04. The van der Waals surface area contributed by atoms with Crippen LogP contribution in [-0.4, -0.2) is 19.7 Å². The molecule has 3 heteroatoms. The van der Waals surface area contributed by atoms with Crippen molar-refractivity contribution in [1.29, 1.82) is 0 Å². The minimum Gasteiger partial charge on any atom is -0.497 e. The van der Waals surface area contributed by atoms with Crippen LogP contribution in [0.3, 0.4) is 0 Å². The van der Waals surface area contributed by atoms with Crippen LogP contribution in [0.15, 0.2) is 36.4 Å². The van der Waals surface area contributed by atoms with E-state index in [9.17, 15) is 0 Å². The average Bonchev–Trinajstić information content (AvgIpc) is 2.43. The maximum Gasteiger partial charge on any atom is 0.119 e. The zero-order chi connectivity index (χ0) is 13.8. The van der Waals surface area contributed by atoms with E-state index in [1.54, 1.807) is 7.11 Å². The molecule has 19 heavy (non-hydrogen) atoms. The van der Waals surface area contributed by atoms with E-state index < -0.39 is 0 Å². The molecule has 0 amide bonds. The number of methoxy groups -OCH3 is 1. The number of rotatable bonds is 5. The Morgan fingerprint density at radius 3 is 2.47 bits per heavy atom.